The van der Waals surface area contributed by atoms with Gasteiger partial charge in [0.25, 0.3) is 0 Å². The molecule has 0 bridgehead atoms. The van der Waals surface area contributed by atoms with Crippen LogP contribution in [0.5, 0.6) is 0 Å². The molecule has 1 saturated carbocycles. The Hall–Kier alpha value is -0.430. The zero-order valence-electron chi connectivity index (χ0n) is 11.0. The molecule has 0 aromatic carbocycles. The fourth-order valence-electron chi connectivity index (χ4n) is 2.66. The largest absolute Gasteiger partial charge is 0.391 e. The third-order valence-corrected chi connectivity index (χ3v) is 6.27. The summed E-state index contributed by atoms with van der Waals surface area (Å²) >= 11 is 1.27. The van der Waals surface area contributed by atoms with E-state index < -0.39 is 10.0 Å². The second-order valence-electron chi connectivity index (χ2n) is 5.06. The lowest BCUT2D eigenvalue weighted by atomic mass is 10.0. The monoisotopic (exact) mass is 303 g/mol. The maximum atomic E-state index is 12.1. The second kappa shape index (κ2) is 6.83. The number of hydrogen-bond donors (Lipinski definition) is 2. The van der Waals surface area contributed by atoms with Crippen molar-refractivity contribution in [3.63, 3.8) is 0 Å². The average Bonchev–Trinajstić information content (AvgIpc) is 3.05. The molecular weight excluding hydrogens is 282 g/mol. The predicted molar refractivity (Wildman–Crippen MR) is 76.6 cm³/mol. The molecule has 1 fully saturated rings. The number of sulfonamides is 1. The van der Waals surface area contributed by atoms with Gasteiger partial charge < -0.3 is 5.11 Å². The molecule has 6 heteroatoms. The first-order valence-corrected chi connectivity index (χ1v) is 9.16. The van der Waals surface area contributed by atoms with Crippen molar-refractivity contribution in [3.8, 4) is 0 Å². The minimum Gasteiger partial charge on any atom is -0.391 e. The Bertz CT molecular complexity index is 490. The Morgan fingerprint density at radius 1 is 1.37 bits per heavy atom. The molecule has 0 aliphatic heterocycles. The van der Waals surface area contributed by atoms with Crippen molar-refractivity contribution in [1.29, 1.82) is 0 Å². The summed E-state index contributed by atoms with van der Waals surface area (Å²) in [5.41, 5.74) is 0. The molecule has 1 aromatic rings. The molecule has 19 heavy (non-hydrogen) atoms. The van der Waals surface area contributed by atoms with Crippen LogP contribution >= 0.6 is 11.3 Å². The third-order valence-electron chi connectivity index (χ3n) is 3.69. The Morgan fingerprint density at radius 2 is 2.11 bits per heavy atom. The zero-order chi connectivity index (χ0) is 13.7. The molecule has 0 spiro atoms. The van der Waals surface area contributed by atoms with Gasteiger partial charge >= 0.3 is 0 Å². The highest BCUT2D eigenvalue weighted by atomic mass is 32.2. The summed E-state index contributed by atoms with van der Waals surface area (Å²) in [5, 5.41) is 10.8. The van der Waals surface area contributed by atoms with Crippen LogP contribution in [0.4, 0.5) is 0 Å². The summed E-state index contributed by atoms with van der Waals surface area (Å²) in [6.07, 6.45) is 7.25. The van der Waals surface area contributed by atoms with Crippen LogP contribution in [0, 0.1) is 5.92 Å². The van der Waals surface area contributed by atoms with Gasteiger partial charge in [0.2, 0.25) is 10.0 Å². The van der Waals surface area contributed by atoms with Crippen LogP contribution in [0.3, 0.4) is 0 Å². The van der Waals surface area contributed by atoms with Crippen molar-refractivity contribution in [3.05, 3.63) is 16.3 Å². The van der Waals surface area contributed by atoms with E-state index in [2.05, 4.69) is 4.72 Å². The van der Waals surface area contributed by atoms with E-state index in [1.165, 1.54) is 37.0 Å². The number of aliphatic hydroxyl groups is 1. The van der Waals surface area contributed by atoms with E-state index in [4.69, 9.17) is 5.11 Å². The van der Waals surface area contributed by atoms with Crippen LogP contribution in [-0.4, -0.2) is 20.1 Å². The smallest absolute Gasteiger partial charge is 0.241 e. The highest BCUT2D eigenvalue weighted by Gasteiger charge is 2.19. The van der Waals surface area contributed by atoms with Gasteiger partial charge in [-0.15, -0.1) is 11.3 Å². The van der Waals surface area contributed by atoms with Crippen molar-refractivity contribution in [1.82, 2.24) is 4.72 Å². The van der Waals surface area contributed by atoms with Gasteiger partial charge in [0.1, 0.15) is 0 Å². The van der Waals surface area contributed by atoms with Crippen LogP contribution in [-0.2, 0) is 16.6 Å². The number of hydrogen-bond acceptors (Lipinski definition) is 4. The summed E-state index contributed by atoms with van der Waals surface area (Å²) < 4.78 is 26.7. The maximum Gasteiger partial charge on any atom is 0.241 e. The number of thiophene rings is 1. The van der Waals surface area contributed by atoms with Gasteiger partial charge in [-0.25, -0.2) is 13.1 Å². The SMILES string of the molecule is O=S(=O)(NCCCC1CCCC1)c1ccsc1CO. The first-order valence-electron chi connectivity index (χ1n) is 6.80. The van der Waals surface area contributed by atoms with Gasteiger partial charge in [0, 0.05) is 11.4 Å². The molecule has 0 atom stereocenters. The molecule has 1 aromatic heterocycles. The molecular formula is C13H21NO3S2. The Morgan fingerprint density at radius 3 is 2.79 bits per heavy atom. The lowest BCUT2D eigenvalue weighted by Gasteiger charge is -2.10. The lowest BCUT2D eigenvalue weighted by Crippen LogP contribution is -2.25. The molecule has 4 nitrogen and oxygen atoms in total. The van der Waals surface area contributed by atoms with Gasteiger partial charge in [0.05, 0.1) is 11.5 Å². The van der Waals surface area contributed by atoms with Crippen LogP contribution < -0.4 is 4.72 Å². The average molecular weight is 303 g/mol. The molecule has 0 radical (unpaired) electrons. The third kappa shape index (κ3) is 4.02. The summed E-state index contributed by atoms with van der Waals surface area (Å²) in [7, 11) is -3.46. The van der Waals surface area contributed by atoms with Gasteiger partial charge in [-0.2, -0.15) is 0 Å². The van der Waals surface area contributed by atoms with Crippen LogP contribution in [0.25, 0.3) is 0 Å². The van der Waals surface area contributed by atoms with E-state index in [0.717, 1.165) is 18.8 Å². The molecule has 108 valence electrons. The summed E-state index contributed by atoms with van der Waals surface area (Å²) in [6, 6.07) is 1.55. The van der Waals surface area contributed by atoms with Crippen molar-refractivity contribution in [2.24, 2.45) is 5.92 Å². The van der Waals surface area contributed by atoms with Gasteiger partial charge in [0.15, 0.2) is 0 Å². The first-order chi connectivity index (χ1) is 9.13. The second-order valence-corrected chi connectivity index (χ2v) is 7.79. The fraction of sp³-hybridized carbons (Fsp3) is 0.692. The molecule has 1 heterocycles. The molecule has 0 saturated heterocycles. The van der Waals surface area contributed by atoms with Gasteiger partial charge in [-0.05, 0) is 30.2 Å². The molecule has 0 unspecified atom stereocenters. The minimum absolute atomic E-state index is 0.223. The fourth-order valence-corrected chi connectivity index (χ4v) is 5.02. The Balaban J connectivity index is 1.81. The van der Waals surface area contributed by atoms with Crippen molar-refractivity contribution in [2.75, 3.05) is 6.54 Å². The van der Waals surface area contributed by atoms with Crippen LogP contribution in [0.2, 0.25) is 0 Å². The quantitative estimate of drug-likeness (QED) is 0.761. The highest BCUT2D eigenvalue weighted by Crippen LogP contribution is 2.28. The summed E-state index contributed by atoms with van der Waals surface area (Å²) in [4.78, 5) is 0.726. The van der Waals surface area contributed by atoms with E-state index in [1.807, 2.05) is 0 Å². The lowest BCUT2D eigenvalue weighted by molar-refractivity contribution is 0.282. The van der Waals surface area contributed by atoms with E-state index in [-0.39, 0.29) is 11.5 Å². The van der Waals surface area contributed by atoms with E-state index >= 15 is 0 Å². The van der Waals surface area contributed by atoms with Crippen LogP contribution in [0.1, 0.15) is 43.4 Å². The number of aliphatic hydroxyl groups excluding tert-OH is 1. The van der Waals surface area contributed by atoms with Crippen LogP contribution in [0.15, 0.2) is 16.3 Å². The predicted octanol–water partition coefficient (Wildman–Crippen LogP) is 2.49. The minimum atomic E-state index is -3.46. The topological polar surface area (TPSA) is 66.4 Å². The van der Waals surface area contributed by atoms with E-state index in [0.29, 0.717) is 11.4 Å². The first kappa shape index (κ1) is 15.0. The van der Waals surface area contributed by atoms with Crippen molar-refractivity contribution < 1.29 is 13.5 Å². The molecule has 1 aliphatic rings. The van der Waals surface area contributed by atoms with E-state index in [1.54, 1.807) is 11.4 Å². The van der Waals surface area contributed by atoms with Crippen molar-refractivity contribution >= 4 is 21.4 Å². The molecule has 1 aliphatic carbocycles. The summed E-state index contributed by atoms with van der Waals surface area (Å²) in [5.74, 6) is 0.790. The highest BCUT2D eigenvalue weighted by molar-refractivity contribution is 7.89. The number of nitrogens with one attached hydrogen (secondary N) is 1. The Kier molecular flexibility index (Phi) is 5.38. The Labute approximate surface area is 118 Å². The van der Waals surface area contributed by atoms with E-state index in [9.17, 15) is 8.42 Å². The normalized spacial score (nSPS) is 17.1. The van der Waals surface area contributed by atoms with Gasteiger partial charge in [-0.3, -0.25) is 0 Å². The standard InChI is InChI=1S/C13H21NO3S2/c15-10-12-13(7-9-18-12)19(16,17)14-8-3-6-11-4-1-2-5-11/h7,9,11,14-15H,1-6,8,10H2. The maximum absolute atomic E-state index is 12.1. The molecule has 0 amide bonds. The zero-order valence-corrected chi connectivity index (χ0v) is 12.6. The molecule has 2 N–H and O–H groups in total. The van der Waals surface area contributed by atoms with Crippen molar-refractivity contribution in [2.45, 2.75) is 50.0 Å². The summed E-state index contributed by atoms with van der Waals surface area (Å²) in [6.45, 7) is 0.259. The van der Waals surface area contributed by atoms with Gasteiger partial charge in [-0.1, -0.05) is 25.7 Å². The molecule has 2 rings (SSSR count). The number of rotatable bonds is 7.